The van der Waals surface area contributed by atoms with Crippen molar-refractivity contribution >= 4 is 17.5 Å². The molecule has 2 N–H and O–H groups in total. The fraction of sp³-hybridized carbons (Fsp3) is 0.364. The Morgan fingerprint density at radius 2 is 2.24 bits per heavy atom. The molecule has 1 aromatic rings. The van der Waals surface area contributed by atoms with Crippen molar-refractivity contribution in [3.8, 4) is 5.75 Å². The summed E-state index contributed by atoms with van der Waals surface area (Å²) < 4.78 is 23.0. The third kappa shape index (κ3) is 3.08. The predicted molar refractivity (Wildman–Crippen MR) is 62.3 cm³/mol. The molecule has 0 spiro atoms. The minimum atomic E-state index is -1.40. The lowest BCUT2D eigenvalue weighted by molar-refractivity contribution is 0.186. The molecule has 0 heterocycles. The summed E-state index contributed by atoms with van der Waals surface area (Å²) in [5.41, 5.74) is 0.0657. The van der Waals surface area contributed by atoms with E-state index >= 15 is 0 Å². The molecule has 0 aliphatic rings. The largest absolute Gasteiger partial charge is 0.495 e. The van der Waals surface area contributed by atoms with Gasteiger partial charge in [-0.25, -0.2) is 4.39 Å². The molecule has 94 valence electrons. The van der Waals surface area contributed by atoms with E-state index in [4.69, 9.17) is 26.5 Å². The van der Waals surface area contributed by atoms with Gasteiger partial charge in [-0.05, 0) is 19.1 Å². The van der Waals surface area contributed by atoms with Gasteiger partial charge in [0.1, 0.15) is 11.6 Å². The Morgan fingerprint density at radius 3 is 2.76 bits per heavy atom. The zero-order valence-electron chi connectivity index (χ0n) is 9.46. The maximum atomic E-state index is 13.2. The Balaban J connectivity index is 3.15. The normalized spacial score (nSPS) is 12.1. The number of rotatable bonds is 4. The summed E-state index contributed by atoms with van der Waals surface area (Å²) in [5, 5.41) is 17.3. The molecular formula is C11H13ClFNO3. The van der Waals surface area contributed by atoms with Crippen LogP contribution in [0.2, 0.25) is 5.02 Å². The van der Waals surface area contributed by atoms with Gasteiger partial charge in [0, 0.05) is 5.56 Å². The summed E-state index contributed by atoms with van der Waals surface area (Å²) in [7, 11) is 1.35. The van der Waals surface area contributed by atoms with Crippen LogP contribution in [-0.4, -0.2) is 24.7 Å². The Labute approximate surface area is 103 Å². The van der Waals surface area contributed by atoms with E-state index in [0.29, 0.717) is 0 Å². The van der Waals surface area contributed by atoms with Crippen LogP contribution in [0.4, 0.5) is 4.39 Å². The van der Waals surface area contributed by atoms with E-state index in [1.165, 1.54) is 7.11 Å². The van der Waals surface area contributed by atoms with Gasteiger partial charge < -0.3 is 14.6 Å². The number of methoxy groups -OCH3 is 1. The van der Waals surface area contributed by atoms with Crippen molar-refractivity contribution in [1.29, 1.82) is 5.41 Å². The van der Waals surface area contributed by atoms with Crippen molar-refractivity contribution in [3.05, 3.63) is 28.5 Å². The number of hydrogen-bond acceptors (Lipinski definition) is 4. The molecule has 4 nitrogen and oxygen atoms in total. The van der Waals surface area contributed by atoms with E-state index in [1.54, 1.807) is 6.92 Å². The highest BCUT2D eigenvalue weighted by Crippen LogP contribution is 2.34. The van der Waals surface area contributed by atoms with Gasteiger partial charge in [0.05, 0.1) is 18.7 Å². The number of benzene rings is 1. The second-order valence-electron chi connectivity index (χ2n) is 3.21. The average molecular weight is 262 g/mol. The van der Waals surface area contributed by atoms with E-state index < -0.39 is 11.9 Å². The first-order valence-electron chi connectivity index (χ1n) is 4.93. The van der Waals surface area contributed by atoms with Crippen molar-refractivity contribution in [2.45, 2.75) is 13.0 Å². The molecule has 0 radical (unpaired) electrons. The molecule has 0 unspecified atom stereocenters. The quantitative estimate of drug-likeness (QED) is 0.647. The van der Waals surface area contributed by atoms with Crippen LogP contribution in [0.5, 0.6) is 5.75 Å². The number of aliphatic hydroxyl groups is 1. The maximum absolute atomic E-state index is 13.2. The molecule has 0 aliphatic heterocycles. The number of hydrogen-bond donors (Lipinski definition) is 2. The first-order chi connectivity index (χ1) is 8.01. The Hall–Kier alpha value is -1.33. The predicted octanol–water partition coefficient (Wildman–Crippen LogP) is 2.53. The van der Waals surface area contributed by atoms with Crippen molar-refractivity contribution in [3.63, 3.8) is 0 Å². The molecule has 0 aromatic heterocycles. The van der Waals surface area contributed by atoms with Crippen LogP contribution in [0.3, 0.4) is 0 Å². The van der Waals surface area contributed by atoms with Crippen LogP contribution in [0.25, 0.3) is 0 Å². The molecule has 0 aliphatic carbocycles. The van der Waals surface area contributed by atoms with Gasteiger partial charge in [-0.3, -0.25) is 5.41 Å². The minimum Gasteiger partial charge on any atom is -0.495 e. The van der Waals surface area contributed by atoms with E-state index in [-0.39, 0.29) is 28.8 Å². The van der Waals surface area contributed by atoms with Crippen LogP contribution in [0, 0.1) is 11.2 Å². The molecule has 1 atom stereocenters. The van der Waals surface area contributed by atoms with Gasteiger partial charge in [-0.2, -0.15) is 0 Å². The number of nitrogens with one attached hydrogen (secondary N) is 1. The molecular weight excluding hydrogens is 249 g/mol. The molecule has 0 amide bonds. The SMILES string of the molecule is CCOC(=N)[C@H](O)c1cc(F)cc(Cl)c1OC. The van der Waals surface area contributed by atoms with Gasteiger partial charge in [-0.1, -0.05) is 11.6 Å². The lowest BCUT2D eigenvalue weighted by atomic mass is 10.1. The first-order valence-corrected chi connectivity index (χ1v) is 5.31. The molecule has 1 rings (SSSR count). The Bertz CT molecular complexity index is 425. The van der Waals surface area contributed by atoms with Gasteiger partial charge in [0.2, 0.25) is 5.90 Å². The van der Waals surface area contributed by atoms with Gasteiger partial charge in [-0.15, -0.1) is 0 Å². The van der Waals surface area contributed by atoms with E-state index in [9.17, 15) is 9.50 Å². The molecule has 0 fully saturated rings. The Morgan fingerprint density at radius 1 is 1.59 bits per heavy atom. The van der Waals surface area contributed by atoms with Crippen molar-refractivity contribution in [2.24, 2.45) is 0 Å². The van der Waals surface area contributed by atoms with Crippen LogP contribution in [0.1, 0.15) is 18.6 Å². The zero-order valence-corrected chi connectivity index (χ0v) is 10.2. The summed E-state index contributed by atoms with van der Waals surface area (Å²) >= 11 is 5.77. The van der Waals surface area contributed by atoms with Crippen LogP contribution in [-0.2, 0) is 4.74 Å². The van der Waals surface area contributed by atoms with Crippen molar-refractivity contribution in [2.75, 3.05) is 13.7 Å². The highest BCUT2D eigenvalue weighted by Gasteiger charge is 2.22. The van der Waals surface area contributed by atoms with Crippen LogP contribution < -0.4 is 4.74 Å². The monoisotopic (exact) mass is 261 g/mol. The summed E-state index contributed by atoms with van der Waals surface area (Å²) in [6.07, 6.45) is -1.40. The first kappa shape index (κ1) is 13.7. The molecule has 0 saturated carbocycles. The number of ether oxygens (including phenoxy) is 2. The Kier molecular flexibility index (Phi) is 4.72. The fourth-order valence-electron chi connectivity index (χ4n) is 1.37. The third-order valence-electron chi connectivity index (χ3n) is 2.08. The number of halogens is 2. The van der Waals surface area contributed by atoms with Gasteiger partial charge >= 0.3 is 0 Å². The van der Waals surface area contributed by atoms with Crippen LogP contribution >= 0.6 is 11.6 Å². The molecule has 6 heteroatoms. The third-order valence-corrected chi connectivity index (χ3v) is 2.36. The zero-order chi connectivity index (χ0) is 13.0. The standard InChI is InChI=1S/C11H13ClFNO3/c1-3-17-11(14)9(15)7-4-6(13)5-8(12)10(7)16-2/h4-5,9,14-15H,3H2,1-2H3/t9-/m1/s1. The highest BCUT2D eigenvalue weighted by atomic mass is 35.5. The average Bonchev–Trinajstić information content (AvgIpc) is 2.27. The fourth-order valence-corrected chi connectivity index (χ4v) is 1.66. The molecule has 0 bridgehead atoms. The summed E-state index contributed by atoms with van der Waals surface area (Å²) in [5.74, 6) is -0.869. The van der Waals surface area contributed by atoms with Gasteiger partial charge in [0.15, 0.2) is 6.10 Å². The minimum absolute atomic E-state index is 0.0332. The van der Waals surface area contributed by atoms with E-state index in [1.807, 2.05) is 0 Å². The molecule has 0 saturated heterocycles. The second-order valence-corrected chi connectivity index (χ2v) is 3.62. The summed E-state index contributed by atoms with van der Waals surface area (Å²) in [6, 6.07) is 2.13. The van der Waals surface area contributed by atoms with Crippen molar-refractivity contribution < 1.29 is 19.0 Å². The molecule has 17 heavy (non-hydrogen) atoms. The topological polar surface area (TPSA) is 62.5 Å². The van der Waals surface area contributed by atoms with E-state index in [2.05, 4.69) is 0 Å². The highest BCUT2D eigenvalue weighted by molar-refractivity contribution is 6.32. The van der Waals surface area contributed by atoms with Crippen LogP contribution in [0.15, 0.2) is 12.1 Å². The van der Waals surface area contributed by atoms with Crippen molar-refractivity contribution in [1.82, 2.24) is 0 Å². The lowest BCUT2D eigenvalue weighted by Crippen LogP contribution is -2.15. The van der Waals surface area contributed by atoms with E-state index in [0.717, 1.165) is 12.1 Å². The summed E-state index contributed by atoms with van der Waals surface area (Å²) in [4.78, 5) is 0. The smallest absolute Gasteiger partial charge is 0.215 e. The van der Waals surface area contributed by atoms with Gasteiger partial charge in [0.25, 0.3) is 0 Å². The maximum Gasteiger partial charge on any atom is 0.215 e. The second kappa shape index (κ2) is 5.84. The summed E-state index contributed by atoms with van der Waals surface area (Å²) in [6.45, 7) is 1.91. The lowest BCUT2D eigenvalue weighted by Gasteiger charge is -2.16. The number of aliphatic hydroxyl groups excluding tert-OH is 1. The molecule has 1 aromatic carbocycles.